The maximum Gasteiger partial charge on any atom is 0.405 e. The van der Waals surface area contributed by atoms with Gasteiger partial charge in [-0.3, -0.25) is 9.59 Å². The topological polar surface area (TPSA) is 102 Å². The van der Waals surface area contributed by atoms with Crippen LogP contribution in [0.2, 0.25) is 10.0 Å². The van der Waals surface area contributed by atoms with Crippen LogP contribution in [0.1, 0.15) is 13.8 Å². The molecule has 0 saturated carbocycles. The number of sulfonamides is 1. The highest BCUT2D eigenvalue weighted by Gasteiger charge is 2.33. The molecule has 1 amide bonds. The minimum Gasteiger partial charge on any atom is -0.454 e. The fraction of sp³-hybridized carbons (Fsp3) is 0.467. The van der Waals surface area contributed by atoms with E-state index in [-0.39, 0.29) is 10.0 Å². The van der Waals surface area contributed by atoms with E-state index in [2.05, 4.69) is 9.46 Å². The van der Waals surface area contributed by atoms with Crippen molar-refractivity contribution in [3.05, 3.63) is 28.2 Å². The number of carbonyl (C=O) groups is 2. The van der Waals surface area contributed by atoms with Crippen molar-refractivity contribution in [2.24, 2.45) is 5.92 Å². The van der Waals surface area contributed by atoms with Crippen LogP contribution in [0.5, 0.6) is 0 Å². The number of hydrogen-bond donors (Lipinski definition) is 2. The molecule has 1 aromatic rings. The molecule has 0 radical (unpaired) electrons. The summed E-state index contributed by atoms with van der Waals surface area (Å²) in [5.74, 6) is -2.96. The maximum atomic E-state index is 12.6. The van der Waals surface area contributed by atoms with Crippen LogP contribution in [-0.2, 0) is 24.3 Å². The molecule has 0 aliphatic heterocycles. The van der Waals surface area contributed by atoms with Gasteiger partial charge in [0.25, 0.3) is 5.91 Å². The Labute approximate surface area is 169 Å². The maximum absolute atomic E-state index is 12.6. The number of carbonyl (C=O) groups excluding carboxylic acids is 2. The van der Waals surface area contributed by atoms with Crippen molar-refractivity contribution in [1.29, 1.82) is 0 Å². The first kappa shape index (κ1) is 24.5. The van der Waals surface area contributed by atoms with E-state index >= 15 is 0 Å². The molecule has 0 aliphatic rings. The van der Waals surface area contributed by atoms with Gasteiger partial charge in [-0.25, -0.2) is 8.42 Å². The zero-order valence-corrected chi connectivity index (χ0v) is 17.0. The zero-order chi connectivity index (χ0) is 21.7. The molecule has 158 valence electrons. The predicted octanol–water partition coefficient (Wildman–Crippen LogP) is 2.52. The third-order valence-corrected chi connectivity index (χ3v) is 5.62. The summed E-state index contributed by atoms with van der Waals surface area (Å²) >= 11 is 11.7. The summed E-state index contributed by atoms with van der Waals surface area (Å²) in [4.78, 5) is 23.0. The minimum absolute atomic E-state index is 0.178. The first-order chi connectivity index (χ1) is 12.7. The second-order valence-electron chi connectivity index (χ2n) is 5.89. The molecule has 13 heteroatoms. The van der Waals surface area contributed by atoms with E-state index in [1.54, 1.807) is 0 Å². The second-order valence-corrected chi connectivity index (χ2v) is 8.36. The van der Waals surface area contributed by atoms with Crippen molar-refractivity contribution in [3.8, 4) is 0 Å². The molecule has 0 fully saturated rings. The number of benzene rings is 1. The highest BCUT2D eigenvalue weighted by molar-refractivity contribution is 7.89. The molecule has 0 bridgehead atoms. The molecule has 28 heavy (non-hydrogen) atoms. The molecular weight excluding hydrogens is 448 g/mol. The second kappa shape index (κ2) is 9.77. The summed E-state index contributed by atoms with van der Waals surface area (Å²) in [6.45, 7) is 0.389. The molecule has 7 nitrogen and oxygen atoms in total. The highest BCUT2D eigenvalue weighted by Crippen LogP contribution is 2.29. The monoisotopic (exact) mass is 464 g/mol. The van der Waals surface area contributed by atoms with E-state index in [1.807, 2.05) is 0 Å². The fourth-order valence-corrected chi connectivity index (χ4v) is 4.37. The van der Waals surface area contributed by atoms with E-state index in [4.69, 9.17) is 23.2 Å². The van der Waals surface area contributed by atoms with Crippen LogP contribution in [0, 0.1) is 5.92 Å². The fourth-order valence-electron chi connectivity index (χ4n) is 1.90. The van der Waals surface area contributed by atoms with E-state index in [0.717, 1.165) is 0 Å². The average Bonchev–Trinajstić information content (AvgIpc) is 2.54. The number of nitrogens with one attached hydrogen (secondary N) is 2. The van der Waals surface area contributed by atoms with Gasteiger partial charge in [-0.1, -0.05) is 43.1 Å². The number of rotatable bonds is 8. The van der Waals surface area contributed by atoms with Crippen molar-refractivity contribution < 1.29 is 35.9 Å². The third kappa shape index (κ3) is 7.46. The molecule has 0 unspecified atom stereocenters. The van der Waals surface area contributed by atoms with Crippen LogP contribution in [0.15, 0.2) is 23.1 Å². The Balaban J connectivity index is 2.85. The number of halogens is 5. The first-order valence-electron chi connectivity index (χ1n) is 7.71. The lowest BCUT2D eigenvalue weighted by Crippen LogP contribution is -2.46. The summed E-state index contributed by atoms with van der Waals surface area (Å²) in [5, 5.41) is 1.16. The Morgan fingerprint density at radius 1 is 1.18 bits per heavy atom. The average molecular weight is 465 g/mol. The molecule has 0 saturated heterocycles. The van der Waals surface area contributed by atoms with Gasteiger partial charge in [-0.15, -0.1) is 0 Å². The van der Waals surface area contributed by atoms with Crippen molar-refractivity contribution in [1.82, 2.24) is 10.0 Å². The highest BCUT2D eigenvalue weighted by atomic mass is 35.5. The lowest BCUT2D eigenvalue weighted by molar-refractivity contribution is -0.153. The molecule has 1 aromatic carbocycles. The molecule has 0 aromatic heterocycles. The largest absolute Gasteiger partial charge is 0.454 e. The van der Waals surface area contributed by atoms with Gasteiger partial charge >= 0.3 is 12.1 Å². The standard InChI is InChI=1S/C15H17Cl2F3N2O5S/c1-8(2)12(14(24)27-6-11(23)21-7-15(18,19)20)22-28(25,26)13-9(16)4-3-5-10(13)17/h3-5,8,12,22H,6-7H2,1-2H3,(H,21,23)/t12-/m1/s1. The molecule has 0 heterocycles. The molecule has 1 rings (SSSR count). The van der Waals surface area contributed by atoms with E-state index < -0.39 is 58.1 Å². The molecule has 0 spiro atoms. The Hall–Kier alpha value is -1.56. The molecular formula is C15H17Cl2F3N2O5S. The molecule has 0 aliphatic carbocycles. The summed E-state index contributed by atoms with van der Waals surface area (Å²) in [7, 11) is -4.34. The Kier molecular flexibility index (Phi) is 8.54. The van der Waals surface area contributed by atoms with Crippen LogP contribution < -0.4 is 10.0 Å². The minimum atomic E-state index is -4.62. The van der Waals surface area contributed by atoms with Crippen LogP contribution in [-0.4, -0.2) is 45.7 Å². The number of amides is 1. The van der Waals surface area contributed by atoms with Crippen molar-refractivity contribution >= 4 is 45.1 Å². The van der Waals surface area contributed by atoms with Gasteiger partial charge in [-0.2, -0.15) is 17.9 Å². The van der Waals surface area contributed by atoms with Crippen molar-refractivity contribution in [2.45, 2.75) is 31.0 Å². The van der Waals surface area contributed by atoms with Crippen LogP contribution in [0.25, 0.3) is 0 Å². The van der Waals surface area contributed by atoms with Gasteiger partial charge in [0.1, 0.15) is 17.5 Å². The van der Waals surface area contributed by atoms with Crippen LogP contribution in [0.4, 0.5) is 13.2 Å². The van der Waals surface area contributed by atoms with Crippen molar-refractivity contribution in [2.75, 3.05) is 13.2 Å². The number of ether oxygens (including phenoxy) is 1. The van der Waals surface area contributed by atoms with E-state index in [9.17, 15) is 31.2 Å². The van der Waals surface area contributed by atoms with E-state index in [0.29, 0.717) is 0 Å². The van der Waals surface area contributed by atoms with Crippen LogP contribution >= 0.6 is 23.2 Å². The summed E-state index contributed by atoms with van der Waals surface area (Å²) in [6.07, 6.45) is -4.62. The quantitative estimate of drug-likeness (QED) is 0.575. The van der Waals surface area contributed by atoms with Crippen molar-refractivity contribution in [3.63, 3.8) is 0 Å². The first-order valence-corrected chi connectivity index (χ1v) is 9.95. The number of hydrogen-bond acceptors (Lipinski definition) is 5. The van der Waals surface area contributed by atoms with Crippen LogP contribution in [0.3, 0.4) is 0 Å². The van der Waals surface area contributed by atoms with Gasteiger partial charge < -0.3 is 10.1 Å². The number of esters is 1. The smallest absolute Gasteiger partial charge is 0.405 e. The molecule has 1 atom stereocenters. The number of alkyl halides is 3. The Morgan fingerprint density at radius 2 is 1.71 bits per heavy atom. The van der Waals surface area contributed by atoms with Gasteiger partial charge in [0.05, 0.1) is 10.0 Å². The summed E-state index contributed by atoms with van der Waals surface area (Å²) in [5.41, 5.74) is 0. The summed E-state index contributed by atoms with van der Waals surface area (Å²) < 4.78 is 67.9. The third-order valence-electron chi connectivity index (χ3n) is 3.22. The van der Waals surface area contributed by atoms with Gasteiger partial charge in [0.2, 0.25) is 10.0 Å². The normalized spacial score (nSPS) is 13.3. The Morgan fingerprint density at radius 3 is 2.18 bits per heavy atom. The van der Waals surface area contributed by atoms with Gasteiger partial charge in [-0.05, 0) is 18.1 Å². The predicted molar refractivity (Wildman–Crippen MR) is 95.4 cm³/mol. The lowest BCUT2D eigenvalue weighted by Gasteiger charge is -2.21. The van der Waals surface area contributed by atoms with Gasteiger partial charge in [0, 0.05) is 0 Å². The zero-order valence-electron chi connectivity index (χ0n) is 14.6. The van der Waals surface area contributed by atoms with E-state index in [1.165, 1.54) is 37.4 Å². The molecule has 2 N–H and O–H groups in total. The SMILES string of the molecule is CC(C)[C@@H](NS(=O)(=O)c1c(Cl)cccc1Cl)C(=O)OCC(=O)NCC(F)(F)F. The van der Waals surface area contributed by atoms with Gasteiger partial charge in [0.15, 0.2) is 6.61 Å². The lowest BCUT2D eigenvalue weighted by atomic mass is 10.1. The Bertz CT molecular complexity index is 811. The summed E-state index contributed by atoms with van der Waals surface area (Å²) in [6, 6.07) is 2.57.